The average molecular weight is 362 g/mol. The Labute approximate surface area is 122 Å². The van der Waals surface area contributed by atoms with E-state index in [-0.39, 0.29) is 5.78 Å². The minimum atomic E-state index is -0.444. The van der Waals surface area contributed by atoms with Gasteiger partial charge in [-0.05, 0) is 36.6 Å². The summed E-state index contributed by atoms with van der Waals surface area (Å²) in [4.78, 5) is 11.4. The van der Waals surface area contributed by atoms with E-state index in [0.29, 0.717) is 12.2 Å². The van der Waals surface area contributed by atoms with Crippen LogP contribution in [-0.2, 0) is 6.42 Å². The van der Waals surface area contributed by atoms with Crippen molar-refractivity contribution in [2.45, 2.75) is 26.2 Å². The highest BCUT2D eigenvalue weighted by Crippen LogP contribution is 2.22. The molecule has 0 aromatic heterocycles. The van der Waals surface area contributed by atoms with Gasteiger partial charge in [-0.15, -0.1) is 0 Å². The van der Waals surface area contributed by atoms with Crippen LogP contribution < -0.4 is 4.74 Å². The van der Waals surface area contributed by atoms with Crippen molar-refractivity contribution in [1.29, 1.82) is 0 Å². The first-order chi connectivity index (χ1) is 8.72. The molecule has 1 rings (SSSR count). The van der Waals surface area contributed by atoms with Crippen molar-refractivity contribution in [3.05, 3.63) is 29.3 Å². The third kappa shape index (κ3) is 4.57. The summed E-state index contributed by atoms with van der Waals surface area (Å²) >= 11 is 2.32. The van der Waals surface area contributed by atoms with Crippen molar-refractivity contribution in [3.8, 4) is 5.75 Å². The molecule has 0 spiro atoms. The number of ketones is 1. The largest absolute Gasteiger partial charge is 0.493 e. The number of hydrogen-bond acceptors (Lipinski definition) is 3. The maximum Gasteiger partial charge on any atom is 0.188 e. The number of ether oxygens (including phenoxy) is 1. The molecule has 0 amide bonds. The second kappa shape index (κ2) is 8.48. The fourth-order valence-electron chi connectivity index (χ4n) is 1.69. The summed E-state index contributed by atoms with van der Waals surface area (Å²) < 4.78 is 6.79. The first-order valence-electron chi connectivity index (χ1n) is 6.18. The van der Waals surface area contributed by atoms with E-state index in [9.17, 15) is 4.79 Å². The molecule has 0 fully saturated rings. The predicted molar refractivity (Wildman–Crippen MR) is 80.9 cm³/mol. The Hall–Kier alpha value is -0.620. The Balaban J connectivity index is 2.85. The Kier molecular flexibility index (Phi) is 7.27. The zero-order chi connectivity index (χ0) is 13.4. The number of aryl methyl sites for hydroxylation is 1. The van der Waals surface area contributed by atoms with Gasteiger partial charge in [-0.3, -0.25) is 4.79 Å². The Morgan fingerprint density at radius 2 is 2.22 bits per heavy atom. The summed E-state index contributed by atoms with van der Waals surface area (Å²) in [6, 6.07) is 5.39. The summed E-state index contributed by atoms with van der Waals surface area (Å²) in [6.45, 7) is 2.35. The second-order valence-corrected chi connectivity index (χ2v) is 5.12. The molecular formula is C14H19IO3. The molecule has 18 heavy (non-hydrogen) atoms. The normalized spacial score (nSPS) is 10.4. The van der Waals surface area contributed by atoms with Crippen LogP contribution in [0.25, 0.3) is 0 Å². The van der Waals surface area contributed by atoms with Gasteiger partial charge < -0.3 is 9.84 Å². The molecule has 1 aromatic carbocycles. The zero-order valence-electron chi connectivity index (χ0n) is 10.6. The van der Waals surface area contributed by atoms with Gasteiger partial charge in [0.05, 0.1) is 6.61 Å². The Bertz CT molecular complexity index is 391. The van der Waals surface area contributed by atoms with Gasteiger partial charge in [0.1, 0.15) is 12.4 Å². The first kappa shape index (κ1) is 15.4. The lowest BCUT2D eigenvalue weighted by Gasteiger charge is -2.12. The number of hydrogen-bond donors (Lipinski definition) is 1. The molecular weight excluding hydrogens is 343 g/mol. The van der Waals surface area contributed by atoms with Crippen LogP contribution in [0.5, 0.6) is 5.75 Å². The summed E-state index contributed by atoms with van der Waals surface area (Å²) in [5, 5.41) is 8.87. The van der Waals surface area contributed by atoms with E-state index in [1.165, 1.54) is 0 Å². The van der Waals surface area contributed by atoms with E-state index in [0.717, 1.165) is 35.0 Å². The zero-order valence-corrected chi connectivity index (χ0v) is 12.8. The molecule has 0 bridgehead atoms. The predicted octanol–water partition coefficient (Wildman–Crippen LogP) is 3.02. The fraction of sp³-hybridized carbons (Fsp3) is 0.500. The van der Waals surface area contributed by atoms with Crippen LogP contribution in [0.4, 0.5) is 0 Å². The molecule has 1 aromatic rings. The molecule has 0 saturated carbocycles. The molecule has 0 heterocycles. The van der Waals surface area contributed by atoms with Crippen LogP contribution >= 0.6 is 22.6 Å². The fourth-order valence-corrected chi connectivity index (χ4v) is 2.00. The molecule has 0 aliphatic heterocycles. The first-order valence-corrected chi connectivity index (χ1v) is 7.71. The topological polar surface area (TPSA) is 46.5 Å². The lowest BCUT2D eigenvalue weighted by Crippen LogP contribution is -2.07. The number of aliphatic hydroxyl groups excluding tert-OH is 1. The van der Waals surface area contributed by atoms with Crippen molar-refractivity contribution in [1.82, 2.24) is 0 Å². The second-order valence-electron chi connectivity index (χ2n) is 4.04. The number of Topliss-reactive ketones (excluding diaryl/α,β-unsaturated/α-hetero) is 1. The van der Waals surface area contributed by atoms with E-state index in [2.05, 4.69) is 29.5 Å². The molecule has 4 heteroatoms. The van der Waals surface area contributed by atoms with E-state index >= 15 is 0 Å². The van der Waals surface area contributed by atoms with Crippen molar-refractivity contribution in [2.75, 3.05) is 17.6 Å². The molecule has 3 nitrogen and oxygen atoms in total. The van der Waals surface area contributed by atoms with Crippen LogP contribution in [0.2, 0.25) is 0 Å². The number of rotatable bonds is 8. The molecule has 1 N–H and O–H groups in total. The highest BCUT2D eigenvalue weighted by atomic mass is 127. The minimum Gasteiger partial charge on any atom is -0.493 e. The number of carbonyl (C=O) groups excluding carboxylic acids is 1. The molecule has 0 radical (unpaired) electrons. The van der Waals surface area contributed by atoms with E-state index in [4.69, 9.17) is 9.84 Å². The van der Waals surface area contributed by atoms with Crippen molar-refractivity contribution in [2.24, 2.45) is 0 Å². The van der Waals surface area contributed by atoms with Gasteiger partial charge in [-0.2, -0.15) is 0 Å². The summed E-state index contributed by atoms with van der Waals surface area (Å²) in [7, 11) is 0. The average Bonchev–Trinajstić information content (AvgIpc) is 2.40. The van der Waals surface area contributed by atoms with Gasteiger partial charge in [-0.25, -0.2) is 0 Å². The highest BCUT2D eigenvalue weighted by Gasteiger charge is 2.09. The minimum absolute atomic E-state index is 0.244. The molecule has 0 atom stereocenters. The molecule has 0 aliphatic rings. The third-order valence-corrected chi connectivity index (χ3v) is 3.34. The van der Waals surface area contributed by atoms with Gasteiger partial charge in [0.25, 0.3) is 0 Å². The number of benzene rings is 1. The number of alkyl halides is 1. The van der Waals surface area contributed by atoms with Gasteiger partial charge in [0, 0.05) is 9.99 Å². The van der Waals surface area contributed by atoms with Crippen LogP contribution in [0.1, 0.15) is 35.7 Å². The van der Waals surface area contributed by atoms with Crippen LogP contribution in [-0.4, -0.2) is 28.5 Å². The number of halogens is 1. The van der Waals surface area contributed by atoms with Crippen molar-refractivity contribution < 1.29 is 14.6 Å². The molecule has 0 unspecified atom stereocenters. The standard InChI is InChI=1S/C14H19IO3/c1-2-4-12-9-11(13(17)10-16)5-6-14(12)18-8-3-7-15/h5-6,9,16H,2-4,7-8,10H2,1H3. The summed E-state index contributed by atoms with van der Waals surface area (Å²) in [6.07, 6.45) is 2.90. The van der Waals surface area contributed by atoms with E-state index < -0.39 is 6.61 Å². The van der Waals surface area contributed by atoms with E-state index in [1.54, 1.807) is 6.07 Å². The van der Waals surface area contributed by atoms with Gasteiger partial charge in [-0.1, -0.05) is 35.9 Å². The molecule has 100 valence electrons. The maximum absolute atomic E-state index is 11.4. The smallest absolute Gasteiger partial charge is 0.188 e. The summed E-state index contributed by atoms with van der Waals surface area (Å²) in [5.41, 5.74) is 1.60. The van der Waals surface area contributed by atoms with Crippen LogP contribution in [0, 0.1) is 0 Å². The van der Waals surface area contributed by atoms with Crippen molar-refractivity contribution in [3.63, 3.8) is 0 Å². The highest BCUT2D eigenvalue weighted by molar-refractivity contribution is 14.1. The summed E-state index contributed by atoms with van der Waals surface area (Å²) in [5.74, 6) is 0.613. The number of carbonyl (C=O) groups is 1. The lowest BCUT2D eigenvalue weighted by molar-refractivity contribution is 0.0903. The lowest BCUT2D eigenvalue weighted by atomic mass is 10.0. The maximum atomic E-state index is 11.4. The van der Waals surface area contributed by atoms with Crippen molar-refractivity contribution >= 4 is 28.4 Å². The van der Waals surface area contributed by atoms with Gasteiger partial charge in [0.15, 0.2) is 5.78 Å². The Morgan fingerprint density at radius 3 is 2.83 bits per heavy atom. The molecule has 0 aliphatic carbocycles. The molecule has 0 saturated heterocycles. The third-order valence-electron chi connectivity index (χ3n) is 2.58. The quantitative estimate of drug-likeness (QED) is 0.335. The number of aliphatic hydroxyl groups is 1. The Morgan fingerprint density at radius 1 is 1.44 bits per heavy atom. The van der Waals surface area contributed by atoms with Gasteiger partial charge in [0.2, 0.25) is 0 Å². The SMILES string of the molecule is CCCc1cc(C(=O)CO)ccc1OCCCI. The monoisotopic (exact) mass is 362 g/mol. The van der Waals surface area contributed by atoms with Crippen LogP contribution in [0.3, 0.4) is 0 Å². The van der Waals surface area contributed by atoms with Crippen LogP contribution in [0.15, 0.2) is 18.2 Å². The van der Waals surface area contributed by atoms with Gasteiger partial charge >= 0.3 is 0 Å². The van der Waals surface area contributed by atoms with E-state index in [1.807, 2.05) is 12.1 Å².